The van der Waals surface area contributed by atoms with Crippen LogP contribution in [-0.4, -0.2) is 32.2 Å². The van der Waals surface area contributed by atoms with Gasteiger partial charge in [-0.15, -0.1) is 0 Å². The Bertz CT molecular complexity index is 414. The first-order chi connectivity index (χ1) is 6.98. The van der Waals surface area contributed by atoms with Gasteiger partial charge in [0.05, 0.1) is 6.10 Å². The molecule has 2 unspecified atom stereocenters. The number of ether oxygens (including phenoxy) is 1. The smallest absolute Gasteiger partial charge is 0.235 e. The highest BCUT2D eigenvalue weighted by atomic mass is 79.9. The van der Waals surface area contributed by atoms with Crippen LogP contribution in [0.3, 0.4) is 0 Å². The normalized spacial score (nSPS) is 31.5. The topological polar surface area (TPSA) is 81.8 Å². The highest BCUT2D eigenvalue weighted by Gasteiger charge is 2.38. The molecular weight excluding hydrogens is 284 g/mol. The number of nitrogens with two attached hydrogens (primary N) is 1. The van der Waals surface area contributed by atoms with Gasteiger partial charge < -0.3 is 4.74 Å². The molecule has 1 heterocycles. The molecule has 84 valence electrons. The summed E-state index contributed by atoms with van der Waals surface area (Å²) < 4.78 is 28.8. The molecule has 1 saturated carbocycles. The summed E-state index contributed by atoms with van der Waals surface area (Å²) in [6, 6.07) is 0. The summed E-state index contributed by atoms with van der Waals surface area (Å²) in [6.07, 6.45) is 4.59. The fourth-order valence-corrected chi connectivity index (χ4v) is 2.76. The molecule has 0 bridgehead atoms. The lowest BCUT2D eigenvalue weighted by atomic mass is 10.3. The summed E-state index contributed by atoms with van der Waals surface area (Å²) in [4.78, 5) is 3.84. The first-order valence-electron chi connectivity index (χ1n) is 4.54. The van der Waals surface area contributed by atoms with E-state index in [0.717, 1.165) is 12.8 Å². The number of aliphatic imine (C=N–C) groups is 1. The van der Waals surface area contributed by atoms with Gasteiger partial charge in [-0.3, -0.25) is 4.99 Å². The number of nitrogens with zero attached hydrogens (tertiary/aromatic N) is 1. The van der Waals surface area contributed by atoms with Gasteiger partial charge in [0.1, 0.15) is 6.10 Å². The predicted octanol–water partition coefficient (Wildman–Crippen LogP) is 0.512. The van der Waals surface area contributed by atoms with E-state index in [-0.39, 0.29) is 6.10 Å². The molecule has 0 aromatic rings. The van der Waals surface area contributed by atoms with Crippen molar-refractivity contribution < 1.29 is 13.2 Å². The molecule has 2 rings (SSSR count). The van der Waals surface area contributed by atoms with E-state index in [1.807, 2.05) is 0 Å². The summed E-state index contributed by atoms with van der Waals surface area (Å²) in [5.41, 5.74) is 0. The Kier molecular flexibility index (Phi) is 2.98. The molecule has 5 nitrogen and oxygen atoms in total. The summed E-state index contributed by atoms with van der Waals surface area (Å²) in [7, 11) is -3.72. The van der Waals surface area contributed by atoms with Crippen molar-refractivity contribution in [1.29, 1.82) is 0 Å². The van der Waals surface area contributed by atoms with Gasteiger partial charge in [-0.2, -0.15) is 0 Å². The van der Waals surface area contributed by atoms with E-state index < -0.39 is 21.5 Å². The fourth-order valence-electron chi connectivity index (χ4n) is 1.31. The number of primary sulfonamides is 1. The van der Waals surface area contributed by atoms with Gasteiger partial charge in [-0.1, -0.05) is 15.9 Å². The highest BCUT2D eigenvalue weighted by molar-refractivity contribution is 9.11. The number of allylic oxidation sites excluding steroid dienone is 1. The second-order valence-electron chi connectivity index (χ2n) is 3.59. The van der Waals surface area contributed by atoms with Gasteiger partial charge in [0.2, 0.25) is 10.0 Å². The molecule has 0 aromatic heterocycles. The Labute approximate surface area is 96.6 Å². The lowest BCUT2D eigenvalue weighted by Crippen LogP contribution is -2.40. The number of sulfonamides is 1. The average molecular weight is 295 g/mol. The largest absolute Gasteiger partial charge is 0.366 e. The van der Waals surface area contributed by atoms with E-state index in [1.165, 1.54) is 6.21 Å². The van der Waals surface area contributed by atoms with Crippen molar-refractivity contribution in [1.82, 2.24) is 0 Å². The van der Waals surface area contributed by atoms with Gasteiger partial charge in [0, 0.05) is 10.7 Å². The van der Waals surface area contributed by atoms with Crippen LogP contribution in [0.15, 0.2) is 15.6 Å². The quantitative estimate of drug-likeness (QED) is 0.823. The zero-order valence-corrected chi connectivity index (χ0v) is 10.2. The zero-order chi connectivity index (χ0) is 11.1. The van der Waals surface area contributed by atoms with Crippen molar-refractivity contribution in [2.24, 2.45) is 10.1 Å². The molecular formula is C8H11BrN2O3S. The summed E-state index contributed by atoms with van der Waals surface area (Å²) >= 11 is 3.27. The molecule has 2 N–H and O–H groups in total. The molecule has 1 aliphatic carbocycles. The van der Waals surface area contributed by atoms with Crippen molar-refractivity contribution in [2.75, 3.05) is 0 Å². The second kappa shape index (κ2) is 3.97. The first kappa shape index (κ1) is 11.3. The van der Waals surface area contributed by atoms with Crippen LogP contribution in [0, 0.1) is 0 Å². The van der Waals surface area contributed by atoms with Gasteiger partial charge in [0.15, 0.2) is 5.37 Å². The van der Waals surface area contributed by atoms with Crippen LogP contribution in [0.1, 0.15) is 12.8 Å². The van der Waals surface area contributed by atoms with E-state index in [9.17, 15) is 8.42 Å². The van der Waals surface area contributed by atoms with Gasteiger partial charge in [0.25, 0.3) is 0 Å². The molecule has 0 spiro atoms. The van der Waals surface area contributed by atoms with Crippen molar-refractivity contribution in [3.05, 3.63) is 10.6 Å². The van der Waals surface area contributed by atoms with Crippen molar-refractivity contribution in [2.45, 2.75) is 30.4 Å². The monoisotopic (exact) mass is 294 g/mol. The van der Waals surface area contributed by atoms with Crippen LogP contribution >= 0.6 is 15.9 Å². The van der Waals surface area contributed by atoms with Crippen LogP contribution in [-0.2, 0) is 14.8 Å². The fraction of sp³-hybridized carbons (Fsp3) is 0.625. The molecule has 2 atom stereocenters. The predicted molar refractivity (Wildman–Crippen MR) is 60.3 cm³/mol. The third-order valence-corrected chi connectivity index (χ3v) is 3.96. The van der Waals surface area contributed by atoms with Gasteiger partial charge in [-0.05, 0) is 18.9 Å². The Balaban J connectivity index is 2.20. The molecule has 0 saturated heterocycles. The Morgan fingerprint density at radius 2 is 2.20 bits per heavy atom. The maximum Gasteiger partial charge on any atom is 0.235 e. The third kappa shape index (κ3) is 2.66. The summed E-state index contributed by atoms with van der Waals surface area (Å²) in [6.45, 7) is 0. The molecule has 0 aromatic carbocycles. The lowest BCUT2D eigenvalue weighted by Gasteiger charge is -2.24. The van der Waals surface area contributed by atoms with E-state index >= 15 is 0 Å². The number of hydrogen-bond donors (Lipinski definition) is 1. The van der Waals surface area contributed by atoms with Crippen LogP contribution in [0.5, 0.6) is 0 Å². The van der Waals surface area contributed by atoms with Crippen molar-refractivity contribution in [3.8, 4) is 0 Å². The Morgan fingerprint density at radius 3 is 2.73 bits per heavy atom. The minimum absolute atomic E-state index is 0.147. The summed E-state index contributed by atoms with van der Waals surface area (Å²) in [5.74, 6) is 0. The van der Waals surface area contributed by atoms with Crippen LogP contribution in [0.25, 0.3) is 0 Å². The van der Waals surface area contributed by atoms with Gasteiger partial charge in [-0.25, -0.2) is 13.6 Å². The Morgan fingerprint density at radius 1 is 1.53 bits per heavy atom. The highest BCUT2D eigenvalue weighted by Crippen LogP contribution is 2.32. The molecule has 2 aliphatic rings. The lowest BCUT2D eigenvalue weighted by molar-refractivity contribution is 0.0669. The number of rotatable bonds is 3. The third-order valence-electron chi connectivity index (χ3n) is 2.20. The zero-order valence-electron chi connectivity index (χ0n) is 7.84. The molecule has 1 fully saturated rings. The van der Waals surface area contributed by atoms with E-state index in [1.54, 1.807) is 6.08 Å². The van der Waals surface area contributed by atoms with E-state index in [0.29, 0.717) is 4.48 Å². The van der Waals surface area contributed by atoms with Crippen molar-refractivity contribution >= 4 is 32.2 Å². The molecule has 15 heavy (non-hydrogen) atoms. The SMILES string of the molecule is NS(=O)(=O)C1N=CC=C(Br)C1OC1CC1. The number of hydrogen-bond acceptors (Lipinski definition) is 4. The maximum atomic E-state index is 11.3. The van der Waals surface area contributed by atoms with E-state index in [4.69, 9.17) is 9.88 Å². The first-order valence-corrected chi connectivity index (χ1v) is 6.94. The second-order valence-corrected chi connectivity index (χ2v) is 6.16. The van der Waals surface area contributed by atoms with E-state index in [2.05, 4.69) is 20.9 Å². The molecule has 0 radical (unpaired) electrons. The summed E-state index contributed by atoms with van der Waals surface area (Å²) in [5, 5.41) is 4.06. The van der Waals surface area contributed by atoms with Crippen LogP contribution in [0.4, 0.5) is 0 Å². The molecule has 1 aliphatic heterocycles. The maximum absolute atomic E-state index is 11.3. The number of dihydropyridines is 1. The van der Waals surface area contributed by atoms with Crippen molar-refractivity contribution in [3.63, 3.8) is 0 Å². The number of halogens is 1. The van der Waals surface area contributed by atoms with Gasteiger partial charge >= 0.3 is 0 Å². The average Bonchev–Trinajstić information content (AvgIpc) is 2.90. The minimum Gasteiger partial charge on any atom is -0.366 e. The Hall–Kier alpha value is -0.240. The standard InChI is InChI=1S/C8H11BrN2O3S/c9-6-3-4-11-8(15(10,12)13)7(6)14-5-1-2-5/h3-5,7-8H,1-2H2,(H2,10,12,13). The van der Waals surface area contributed by atoms with Crippen LogP contribution < -0.4 is 5.14 Å². The molecule has 0 amide bonds. The minimum atomic E-state index is -3.72. The molecule has 7 heteroatoms. The van der Waals surface area contributed by atoms with Crippen LogP contribution in [0.2, 0.25) is 0 Å².